The number of rotatable bonds is 6. The SMILES string of the molecule is C[C@H]1CC[C@H]2OC(=O)N[C@@H](C(C)(C)C)C(=O)N3C[C@@H](C[C@H]3C(=O)N[C@]3(C(=O)NS(=O)(=O)C4CC4)CC3C(F)F)Oc3nc4cc(Cl)ccc4nc3CCCCC[C@H]12. The lowest BCUT2D eigenvalue weighted by Gasteiger charge is -2.35. The molecule has 8 atom stereocenters. The molecule has 2 aromatic rings. The van der Waals surface area contributed by atoms with E-state index < -0.39 is 87.0 Å². The lowest BCUT2D eigenvalue weighted by molar-refractivity contribution is -0.143. The second kappa shape index (κ2) is 15.7. The number of alkyl halides is 2. The van der Waals surface area contributed by atoms with Gasteiger partial charge in [0.15, 0.2) is 0 Å². The van der Waals surface area contributed by atoms with E-state index in [0.29, 0.717) is 53.4 Å². The maximum Gasteiger partial charge on any atom is 0.408 e. The molecule has 1 aromatic carbocycles. The summed E-state index contributed by atoms with van der Waals surface area (Å²) in [6.07, 6.45) is 0.494. The van der Waals surface area contributed by atoms with Gasteiger partial charge in [-0.15, -0.1) is 0 Å². The Bertz CT molecular complexity index is 2030. The number of fused-ring (bicyclic) bond motifs is 5. The number of alkyl carbamates (subject to hydrolysis) is 1. The van der Waals surface area contributed by atoms with Crippen molar-refractivity contribution in [2.24, 2.45) is 23.2 Å². The van der Waals surface area contributed by atoms with Gasteiger partial charge in [0.25, 0.3) is 5.91 Å². The van der Waals surface area contributed by atoms with E-state index in [4.69, 9.17) is 31.0 Å². The summed E-state index contributed by atoms with van der Waals surface area (Å²) in [4.78, 5) is 66.9. The third kappa shape index (κ3) is 8.79. The molecular weight excluding hydrogens is 786 g/mol. The number of sulfonamides is 1. The van der Waals surface area contributed by atoms with Crippen LogP contribution in [0.15, 0.2) is 18.2 Å². The molecule has 3 aliphatic carbocycles. The highest BCUT2D eigenvalue weighted by Gasteiger charge is 2.67. The van der Waals surface area contributed by atoms with Gasteiger partial charge >= 0.3 is 6.09 Å². The van der Waals surface area contributed by atoms with Gasteiger partial charge < -0.3 is 25.0 Å². The Morgan fingerprint density at radius 3 is 2.47 bits per heavy atom. The summed E-state index contributed by atoms with van der Waals surface area (Å²) in [5.74, 6) is -3.84. The summed E-state index contributed by atoms with van der Waals surface area (Å²) in [6, 6.07) is 2.56. The fourth-order valence-electron chi connectivity index (χ4n) is 8.67. The van der Waals surface area contributed by atoms with Gasteiger partial charge in [0.05, 0.1) is 28.7 Å². The molecule has 18 heteroatoms. The Morgan fingerprint density at radius 1 is 1.04 bits per heavy atom. The largest absolute Gasteiger partial charge is 0.471 e. The number of nitrogens with one attached hydrogen (secondary N) is 3. The Kier molecular flexibility index (Phi) is 11.4. The smallest absolute Gasteiger partial charge is 0.408 e. The van der Waals surface area contributed by atoms with Gasteiger partial charge in [-0.1, -0.05) is 52.1 Å². The van der Waals surface area contributed by atoms with E-state index in [1.54, 1.807) is 39.0 Å². The van der Waals surface area contributed by atoms with E-state index in [2.05, 4.69) is 17.6 Å². The maximum absolute atomic E-state index is 14.7. The number of hydrogen-bond donors (Lipinski definition) is 3. The highest BCUT2D eigenvalue weighted by Crippen LogP contribution is 2.48. The van der Waals surface area contributed by atoms with Crippen LogP contribution in [-0.4, -0.2) is 95.2 Å². The van der Waals surface area contributed by atoms with Crippen molar-refractivity contribution in [1.82, 2.24) is 30.2 Å². The van der Waals surface area contributed by atoms with Crippen LogP contribution in [0.2, 0.25) is 5.02 Å². The molecule has 5 aliphatic rings. The minimum absolute atomic E-state index is 0.137. The molecule has 4 fully saturated rings. The number of ether oxygens (including phenoxy) is 2. The lowest BCUT2D eigenvalue weighted by Crippen LogP contribution is -2.60. The number of aryl methyl sites for hydroxylation is 1. The summed E-state index contributed by atoms with van der Waals surface area (Å²) in [5.41, 5.74) is -1.45. The van der Waals surface area contributed by atoms with E-state index in [1.807, 2.05) is 4.72 Å². The molecule has 1 unspecified atom stereocenters. The number of carbonyl (C=O) groups is 4. The Hall–Kier alpha value is -3.86. The molecule has 2 aliphatic heterocycles. The van der Waals surface area contributed by atoms with Gasteiger partial charge in [-0.25, -0.2) is 32.0 Å². The molecule has 14 nitrogen and oxygen atoms in total. The third-order valence-corrected chi connectivity index (χ3v) is 14.3. The van der Waals surface area contributed by atoms with Crippen molar-refractivity contribution in [2.75, 3.05) is 6.54 Å². The molecule has 3 saturated carbocycles. The molecule has 3 heterocycles. The van der Waals surface area contributed by atoms with Gasteiger partial charge in [0, 0.05) is 11.4 Å². The average molecular weight is 837 g/mol. The normalized spacial score (nSPS) is 31.3. The average Bonchev–Trinajstić information content (AvgIpc) is 4.04. The maximum atomic E-state index is 14.7. The quantitative estimate of drug-likeness (QED) is 0.356. The zero-order valence-corrected chi connectivity index (χ0v) is 34.1. The molecule has 1 aromatic heterocycles. The highest BCUT2D eigenvalue weighted by molar-refractivity contribution is 7.91. The van der Waals surface area contributed by atoms with E-state index in [-0.39, 0.29) is 30.9 Å². The lowest BCUT2D eigenvalue weighted by atomic mass is 9.85. The van der Waals surface area contributed by atoms with Crippen LogP contribution in [0.4, 0.5) is 13.6 Å². The number of nitrogens with zero attached hydrogens (tertiary/aromatic N) is 3. The zero-order chi connectivity index (χ0) is 41.0. The molecule has 0 radical (unpaired) electrons. The van der Waals surface area contributed by atoms with Crippen molar-refractivity contribution >= 4 is 56.5 Å². The van der Waals surface area contributed by atoms with Crippen molar-refractivity contribution < 1.29 is 45.9 Å². The van der Waals surface area contributed by atoms with Crippen molar-refractivity contribution in [3.8, 4) is 5.88 Å². The van der Waals surface area contributed by atoms with E-state index >= 15 is 0 Å². The molecule has 2 bridgehead atoms. The number of benzene rings is 1. The number of carbonyl (C=O) groups excluding carboxylic acids is 4. The van der Waals surface area contributed by atoms with Crippen molar-refractivity contribution in [3.05, 3.63) is 28.9 Å². The number of halogens is 3. The van der Waals surface area contributed by atoms with Crippen LogP contribution in [0.1, 0.15) is 97.6 Å². The van der Waals surface area contributed by atoms with Crippen molar-refractivity contribution in [2.45, 2.75) is 140 Å². The number of amides is 4. The van der Waals surface area contributed by atoms with E-state index in [0.717, 1.165) is 32.1 Å². The molecule has 7 rings (SSSR count). The van der Waals surface area contributed by atoms with Gasteiger partial charge in [0.2, 0.25) is 34.1 Å². The van der Waals surface area contributed by atoms with Crippen molar-refractivity contribution in [3.63, 3.8) is 0 Å². The Morgan fingerprint density at radius 2 is 1.79 bits per heavy atom. The summed E-state index contributed by atoms with van der Waals surface area (Å²) >= 11 is 6.30. The molecule has 0 spiro atoms. The fraction of sp³-hybridized carbons (Fsp3) is 0.692. The second-order valence-corrected chi connectivity index (χ2v) is 20.0. The topological polar surface area (TPSA) is 186 Å². The first kappa shape index (κ1) is 41.3. The number of aromatic nitrogens is 2. The molecule has 3 N–H and O–H groups in total. The van der Waals surface area contributed by atoms with Crippen LogP contribution >= 0.6 is 11.6 Å². The van der Waals surface area contributed by atoms with Gasteiger partial charge in [-0.05, 0) is 86.8 Å². The summed E-state index contributed by atoms with van der Waals surface area (Å²) in [7, 11) is -4.13. The zero-order valence-electron chi connectivity index (χ0n) is 32.6. The third-order valence-electron chi connectivity index (χ3n) is 12.3. The van der Waals surface area contributed by atoms with Crippen LogP contribution in [0.5, 0.6) is 5.88 Å². The molecule has 4 amide bonds. The molecule has 57 heavy (non-hydrogen) atoms. The standard InChI is InChI=1S/C39H51ClF2N6O8S/c1-20-10-15-30-24(20)8-6-5-7-9-27-34(44-28-16-21(40)11-14-26(28)43-27)55-22-17-29(48(19-22)35(50)31(38(2,3)4)45-37(52)56-30)33(49)46-39(18-25(39)32(41)42)36(51)47-57(53,54)23-12-13-23/h11,14,16,20,22-25,29-32H,5-10,12-13,15,17-19H2,1-4H3,(H,45,52)(H,46,49)(H,47,51)/t20-,22+,24+,25?,29-,30+,31+,39+/m0/s1. The molecular formula is C39H51ClF2N6O8S. The minimum atomic E-state index is -4.13. The monoisotopic (exact) mass is 836 g/mol. The van der Waals surface area contributed by atoms with Crippen LogP contribution < -0.4 is 20.1 Å². The first-order chi connectivity index (χ1) is 26.9. The minimum Gasteiger partial charge on any atom is -0.471 e. The van der Waals surface area contributed by atoms with Crippen LogP contribution in [-0.2, 0) is 35.6 Å². The summed E-state index contributed by atoms with van der Waals surface area (Å²) in [5, 5.41) is 4.85. The fourth-order valence-corrected chi connectivity index (χ4v) is 10.2. The van der Waals surface area contributed by atoms with Crippen LogP contribution in [0, 0.1) is 23.2 Å². The first-order valence-electron chi connectivity index (χ1n) is 19.9. The van der Waals surface area contributed by atoms with Gasteiger partial charge in [-0.2, -0.15) is 0 Å². The molecule has 312 valence electrons. The van der Waals surface area contributed by atoms with E-state index in [9.17, 15) is 36.4 Å². The van der Waals surface area contributed by atoms with Crippen LogP contribution in [0.25, 0.3) is 11.0 Å². The highest BCUT2D eigenvalue weighted by atomic mass is 35.5. The van der Waals surface area contributed by atoms with Crippen molar-refractivity contribution in [1.29, 1.82) is 0 Å². The predicted octanol–water partition coefficient (Wildman–Crippen LogP) is 5.05. The van der Waals surface area contributed by atoms with Gasteiger partial charge in [-0.3, -0.25) is 19.1 Å². The Balaban J connectivity index is 1.23. The second-order valence-electron chi connectivity index (χ2n) is 17.6. The van der Waals surface area contributed by atoms with E-state index in [1.165, 1.54) is 4.90 Å². The molecule has 1 saturated heterocycles. The summed E-state index contributed by atoms with van der Waals surface area (Å²) < 4.78 is 68.2. The Labute approximate surface area is 336 Å². The predicted molar refractivity (Wildman–Crippen MR) is 205 cm³/mol. The number of hydrogen-bond acceptors (Lipinski definition) is 10. The summed E-state index contributed by atoms with van der Waals surface area (Å²) in [6.45, 7) is 7.23. The first-order valence-corrected chi connectivity index (χ1v) is 21.9. The van der Waals surface area contributed by atoms with Crippen LogP contribution in [0.3, 0.4) is 0 Å². The van der Waals surface area contributed by atoms with Gasteiger partial charge in [0.1, 0.15) is 35.5 Å².